The van der Waals surface area contributed by atoms with Crippen molar-refractivity contribution in [2.24, 2.45) is 11.8 Å². The Morgan fingerprint density at radius 1 is 1.10 bits per heavy atom. The number of carbonyl (C=O) groups excluding carboxylic acids is 2. The predicted octanol–water partition coefficient (Wildman–Crippen LogP) is 3.86. The van der Waals surface area contributed by atoms with Crippen molar-refractivity contribution in [3.05, 3.63) is 58.7 Å². The van der Waals surface area contributed by atoms with Crippen molar-refractivity contribution >= 4 is 11.9 Å². The molecular weight excluding hydrogens is 411 g/mol. The van der Waals surface area contributed by atoms with E-state index < -0.39 is 17.7 Å². The fraction of sp³-hybridized carbons (Fsp3) is 0.455. The molecule has 2 fully saturated rings. The summed E-state index contributed by atoms with van der Waals surface area (Å²) in [4.78, 5) is 34.5. The highest BCUT2D eigenvalue weighted by Gasteiger charge is 2.45. The molecule has 2 aliphatic rings. The van der Waals surface area contributed by atoms with Gasteiger partial charge >= 0.3 is 12.1 Å². The topological polar surface area (TPSA) is 72.4 Å². The minimum absolute atomic E-state index is 0.0153. The lowest BCUT2D eigenvalue weighted by molar-refractivity contribution is -0.138. The Kier molecular flexibility index (Phi) is 5.45. The second kappa shape index (κ2) is 7.94. The van der Waals surface area contributed by atoms with Crippen LogP contribution in [-0.4, -0.2) is 46.9 Å². The summed E-state index contributed by atoms with van der Waals surface area (Å²) in [6.07, 6.45) is -3.18. The molecule has 2 heterocycles. The molecule has 4 rings (SSSR count). The van der Waals surface area contributed by atoms with Crippen molar-refractivity contribution in [2.75, 3.05) is 20.2 Å². The number of aryl methyl sites for hydroxylation is 1. The van der Waals surface area contributed by atoms with Crippen LogP contribution in [-0.2, 0) is 10.9 Å². The normalized spacial score (nSPS) is 23.0. The number of hydrogen-bond acceptors (Lipinski definition) is 5. The van der Waals surface area contributed by atoms with Crippen LogP contribution in [0.25, 0.3) is 0 Å². The number of aromatic nitrogens is 2. The van der Waals surface area contributed by atoms with Crippen molar-refractivity contribution in [1.29, 1.82) is 0 Å². The van der Waals surface area contributed by atoms with Gasteiger partial charge in [0.05, 0.1) is 12.7 Å². The van der Waals surface area contributed by atoms with E-state index in [1.165, 1.54) is 19.2 Å². The Morgan fingerprint density at radius 3 is 2.35 bits per heavy atom. The first-order valence-electron chi connectivity index (χ1n) is 10.1. The molecule has 1 saturated carbocycles. The maximum Gasteiger partial charge on any atom is 0.416 e. The molecular formula is C22H22F3N3O3. The maximum atomic E-state index is 13.4. The molecule has 1 saturated heterocycles. The van der Waals surface area contributed by atoms with Gasteiger partial charge in [-0.25, -0.2) is 14.8 Å². The van der Waals surface area contributed by atoms with E-state index in [0.717, 1.165) is 6.07 Å². The average molecular weight is 433 g/mol. The smallest absolute Gasteiger partial charge is 0.416 e. The van der Waals surface area contributed by atoms with E-state index in [9.17, 15) is 22.8 Å². The van der Waals surface area contributed by atoms with Crippen LogP contribution in [0, 0.1) is 18.8 Å². The number of ether oxygens (including phenoxy) is 1. The second-order valence-electron chi connectivity index (χ2n) is 8.19. The monoisotopic (exact) mass is 433 g/mol. The van der Waals surface area contributed by atoms with Crippen LogP contribution in [0.1, 0.15) is 56.7 Å². The summed E-state index contributed by atoms with van der Waals surface area (Å²) in [6.45, 7) is 2.55. The highest BCUT2D eigenvalue weighted by molar-refractivity contribution is 5.93. The molecule has 0 radical (unpaired) electrons. The number of halogens is 3. The SMILES string of the molecule is COC(=O)c1cc(C)nc(C(=O)N2C[C@H]3CC(c4ccccc4C(F)(F)F)C[C@H]3C2)n1. The Balaban J connectivity index is 1.48. The standard InChI is InChI=1S/C22H22F3N3O3/c1-12-7-18(21(30)31-2)27-19(26-12)20(29)28-10-14-8-13(9-15(14)11-28)16-5-3-4-6-17(16)22(23,24)25/h3-7,13-15H,8-11H2,1-2H3/t13?,14-,15+. The molecule has 2 aromatic rings. The summed E-state index contributed by atoms with van der Waals surface area (Å²) in [5.41, 5.74) is 0.256. The van der Waals surface area contributed by atoms with Crippen molar-refractivity contribution in [3.63, 3.8) is 0 Å². The van der Waals surface area contributed by atoms with Gasteiger partial charge in [-0.05, 0) is 55.2 Å². The third kappa shape index (κ3) is 4.13. The number of rotatable bonds is 3. The molecule has 1 unspecified atom stereocenters. The van der Waals surface area contributed by atoms with Crippen LogP contribution in [0.4, 0.5) is 13.2 Å². The molecule has 1 amide bonds. The molecule has 1 aromatic carbocycles. The molecule has 1 aliphatic carbocycles. The lowest BCUT2D eigenvalue weighted by Gasteiger charge is -2.21. The average Bonchev–Trinajstić information content (AvgIpc) is 3.31. The number of esters is 1. The van der Waals surface area contributed by atoms with Crippen LogP contribution < -0.4 is 0 Å². The lowest BCUT2D eigenvalue weighted by Crippen LogP contribution is -2.32. The number of amides is 1. The van der Waals surface area contributed by atoms with Gasteiger partial charge in [-0.2, -0.15) is 13.2 Å². The molecule has 6 nitrogen and oxygen atoms in total. The number of carbonyl (C=O) groups is 2. The molecule has 0 spiro atoms. The molecule has 164 valence electrons. The first-order valence-corrected chi connectivity index (χ1v) is 10.1. The first-order chi connectivity index (χ1) is 14.7. The molecule has 1 aromatic heterocycles. The van der Waals surface area contributed by atoms with E-state index in [1.54, 1.807) is 24.0 Å². The fourth-order valence-corrected chi connectivity index (χ4v) is 4.85. The second-order valence-corrected chi connectivity index (χ2v) is 8.19. The summed E-state index contributed by atoms with van der Waals surface area (Å²) in [5, 5.41) is 0. The Bertz CT molecular complexity index is 1010. The zero-order chi connectivity index (χ0) is 22.3. The molecule has 9 heteroatoms. The van der Waals surface area contributed by atoms with Crippen molar-refractivity contribution in [2.45, 2.75) is 31.9 Å². The van der Waals surface area contributed by atoms with Gasteiger partial charge in [0.1, 0.15) is 0 Å². The summed E-state index contributed by atoms with van der Waals surface area (Å²) >= 11 is 0. The Labute approximate surface area is 177 Å². The van der Waals surface area contributed by atoms with Gasteiger partial charge in [-0.15, -0.1) is 0 Å². The van der Waals surface area contributed by atoms with Gasteiger partial charge < -0.3 is 9.64 Å². The zero-order valence-electron chi connectivity index (χ0n) is 17.1. The minimum atomic E-state index is -4.38. The number of fused-ring (bicyclic) bond motifs is 1. The zero-order valence-corrected chi connectivity index (χ0v) is 17.1. The third-order valence-corrected chi connectivity index (χ3v) is 6.18. The van der Waals surface area contributed by atoms with E-state index in [4.69, 9.17) is 0 Å². The highest BCUT2D eigenvalue weighted by atomic mass is 19.4. The third-order valence-electron chi connectivity index (χ3n) is 6.18. The number of methoxy groups -OCH3 is 1. The van der Waals surface area contributed by atoms with Crippen molar-refractivity contribution in [3.8, 4) is 0 Å². The van der Waals surface area contributed by atoms with Gasteiger partial charge in [-0.1, -0.05) is 18.2 Å². The van der Waals surface area contributed by atoms with Gasteiger partial charge in [-0.3, -0.25) is 4.79 Å². The summed E-state index contributed by atoms with van der Waals surface area (Å²) in [6, 6.07) is 7.19. The molecule has 3 atom stereocenters. The largest absolute Gasteiger partial charge is 0.464 e. The number of benzene rings is 1. The van der Waals surface area contributed by atoms with E-state index in [2.05, 4.69) is 14.7 Å². The number of hydrogen-bond donors (Lipinski definition) is 0. The van der Waals surface area contributed by atoms with E-state index in [-0.39, 0.29) is 35.2 Å². The van der Waals surface area contributed by atoms with Crippen molar-refractivity contribution in [1.82, 2.24) is 14.9 Å². The van der Waals surface area contributed by atoms with Crippen LogP contribution in [0.15, 0.2) is 30.3 Å². The van der Waals surface area contributed by atoms with Gasteiger partial charge in [0.25, 0.3) is 5.91 Å². The predicted molar refractivity (Wildman–Crippen MR) is 104 cm³/mol. The summed E-state index contributed by atoms with van der Waals surface area (Å²) in [5.74, 6) is -1.02. The van der Waals surface area contributed by atoms with E-state index in [0.29, 0.717) is 37.2 Å². The summed E-state index contributed by atoms with van der Waals surface area (Å²) in [7, 11) is 1.23. The lowest BCUT2D eigenvalue weighted by atomic mass is 9.91. The van der Waals surface area contributed by atoms with Crippen LogP contribution in [0.5, 0.6) is 0 Å². The van der Waals surface area contributed by atoms with Crippen molar-refractivity contribution < 1.29 is 27.5 Å². The summed E-state index contributed by atoms with van der Waals surface area (Å²) < 4.78 is 44.9. The van der Waals surface area contributed by atoms with Gasteiger partial charge in [0, 0.05) is 18.8 Å². The Morgan fingerprint density at radius 2 is 1.74 bits per heavy atom. The van der Waals surface area contributed by atoms with Gasteiger partial charge in [0.15, 0.2) is 5.69 Å². The fourth-order valence-electron chi connectivity index (χ4n) is 4.85. The van der Waals surface area contributed by atoms with Crippen LogP contribution >= 0.6 is 0 Å². The quantitative estimate of drug-likeness (QED) is 0.688. The van der Waals surface area contributed by atoms with Crippen LogP contribution in [0.3, 0.4) is 0 Å². The molecule has 0 bridgehead atoms. The molecule has 1 aliphatic heterocycles. The number of nitrogens with zero attached hydrogens (tertiary/aromatic N) is 3. The maximum absolute atomic E-state index is 13.4. The highest BCUT2D eigenvalue weighted by Crippen LogP contribution is 2.48. The molecule has 0 N–H and O–H groups in total. The van der Waals surface area contributed by atoms with Crippen LogP contribution in [0.2, 0.25) is 0 Å². The first kappa shape index (κ1) is 21.3. The number of alkyl halides is 3. The van der Waals surface area contributed by atoms with E-state index in [1.807, 2.05) is 0 Å². The van der Waals surface area contributed by atoms with E-state index >= 15 is 0 Å². The minimum Gasteiger partial charge on any atom is -0.464 e. The number of likely N-dealkylation sites (tertiary alicyclic amines) is 1. The Hall–Kier alpha value is -2.97. The molecule has 31 heavy (non-hydrogen) atoms. The van der Waals surface area contributed by atoms with Gasteiger partial charge in [0.2, 0.25) is 5.82 Å².